The summed E-state index contributed by atoms with van der Waals surface area (Å²) in [5.41, 5.74) is 8.51. The second-order valence-electron chi connectivity index (χ2n) is 5.44. The molecule has 2 aromatic rings. The zero-order valence-electron chi connectivity index (χ0n) is 15.0. The molecule has 0 atom stereocenters. The van der Waals surface area contributed by atoms with Gasteiger partial charge in [0.2, 0.25) is 0 Å². The van der Waals surface area contributed by atoms with Crippen molar-refractivity contribution in [1.82, 2.24) is 25.6 Å². The topological polar surface area (TPSA) is 128 Å². The number of hydrogen-bond acceptors (Lipinski definition) is 7. The zero-order valence-corrected chi connectivity index (χ0v) is 18.3. The van der Waals surface area contributed by atoms with Crippen molar-refractivity contribution in [3.05, 3.63) is 28.8 Å². The number of anilines is 1. The maximum atomic E-state index is 7.18. The number of nitrogens with zero attached hydrogens (tertiary/aromatic N) is 2. The third kappa shape index (κ3) is 8.82. The van der Waals surface area contributed by atoms with Crippen LogP contribution in [-0.2, 0) is 11.5 Å². The average molecular weight is 445 g/mol. The SMILES string of the molecule is Cc1[nH]cnc1CSCCNC(=S)NCCSCc1csc(NC(=N)N)n1. The smallest absolute Gasteiger partial charge is 0.192 e. The highest BCUT2D eigenvalue weighted by Crippen LogP contribution is 2.19. The summed E-state index contributed by atoms with van der Waals surface area (Å²) in [5.74, 6) is 3.55. The van der Waals surface area contributed by atoms with Gasteiger partial charge in [-0.3, -0.25) is 5.41 Å². The van der Waals surface area contributed by atoms with E-state index in [1.807, 2.05) is 24.1 Å². The lowest BCUT2D eigenvalue weighted by molar-refractivity contribution is 0.891. The number of guanidine groups is 1. The van der Waals surface area contributed by atoms with E-state index in [4.69, 9.17) is 23.4 Å². The monoisotopic (exact) mass is 444 g/mol. The molecule has 148 valence electrons. The number of nitrogens with one attached hydrogen (secondary N) is 5. The fourth-order valence-electron chi connectivity index (χ4n) is 1.96. The van der Waals surface area contributed by atoms with E-state index in [0.29, 0.717) is 10.2 Å². The number of aromatic amines is 1. The second kappa shape index (κ2) is 12.1. The first-order valence-electron chi connectivity index (χ1n) is 8.26. The maximum Gasteiger partial charge on any atom is 0.192 e. The zero-order chi connectivity index (χ0) is 19.5. The van der Waals surface area contributed by atoms with Gasteiger partial charge in [-0.1, -0.05) is 0 Å². The van der Waals surface area contributed by atoms with Crippen LogP contribution in [0.5, 0.6) is 0 Å². The van der Waals surface area contributed by atoms with Gasteiger partial charge in [-0.25, -0.2) is 9.97 Å². The Kier molecular flexibility index (Phi) is 9.73. The molecule has 0 aliphatic rings. The summed E-state index contributed by atoms with van der Waals surface area (Å²) in [6.45, 7) is 3.67. The predicted octanol–water partition coefficient (Wildman–Crippen LogP) is 2.11. The molecule has 0 radical (unpaired) electrons. The third-order valence-corrected chi connectivity index (χ3v) is 6.34. The molecule has 0 saturated carbocycles. The summed E-state index contributed by atoms with van der Waals surface area (Å²) in [7, 11) is 0. The molecular formula is C15H24N8S4. The number of imidazole rings is 1. The Hall–Kier alpha value is -1.50. The van der Waals surface area contributed by atoms with E-state index in [9.17, 15) is 0 Å². The molecule has 0 aliphatic carbocycles. The number of aromatic nitrogens is 3. The van der Waals surface area contributed by atoms with Crippen LogP contribution in [-0.4, -0.2) is 50.6 Å². The molecule has 27 heavy (non-hydrogen) atoms. The van der Waals surface area contributed by atoms with Gasteiger partial charge in [0.25, 0.3) is 0 Å². The molecule has 12 heteroatoms. The standard InChI is InChI=1S/C15H24N8S4/c1-10-12(21-9-20-10)8-26-5-3-19-14(24)18-2-4-25-6-11-7-27-15(22-11)23-13(16)17/h7,9H,2-6,8H2,1H3,(H,20,21)(H2,18,19,24)(H4,16,17,22,23). The molecule has 8 nitrogen and oxygen atoms in total. The molecule has 7 N–H and O–H groups in total. The van der Waals surface area contributed by atoms with E-state index in [-0.39, 0.29) is 5.96 Å². The first-order chi connectivity index (χ1) is 13.0. The number of H-pyrrole nitrogens is 1. The predicted molar refractivity (Wildman–Crippen MR) is 122 cm³/mol. The van der Waals surface area contributed by atoms with Crippen molar-refractivity contribution in [3.8, 4) is 0 Å². The lowest BCUT2D eigenvalue weighted by atomic mass is 10.4. The molecule has 0 spiro atoms. The van der Waals surface area contributed by atoms with Gasteiger partial charge < -0.3 is 26.7 Å². The molecule has 2 aromatic heterocycles. The van der Waals surface area contributed by atoms with E-state index in [1.165, 1.54) is 11.3 Å². The Bertz CT molecular complexity index is 729. The Morgan fingerprint density at radius 1 is 1.30 bits per heavy atom. The maximum absolute atomic E-state index is 7.18. The molecule has 0 aliphatic heterocycles. The van der Waals surface area contributed by atoms with E-state index in [2.05, 4.69) is 30.9 Å². The molecule has 2 heterocycles. The molecular weight excluding hydrogens is 420 g/mol. The Balaban J connectivity index is 1.45. The quantitative estimate of drug-likeness (QED) is 0.134. The first-order valence-corrected chi connectivity index (χ1v) is 11.9. The van der Waals surface area contributed by atoms with Crippen LogP contribution in [0.2, 0.25) is 0 Å². The lowest BCUT2D eigenvalue weighted by Crippen LogP contribution is -2.37. The van der Waals surface area contributed by atoms with Crippen LogP contribution in [0.1, 0.15) is 17.1 Å². The van der Waals surface area contributed by atoms with Crippen molar-refractivity contribution in [2.45, 2.75) is 18.4 Å². The molecule has 0 bridgehead atoms. The minimum Gasteiger partial charge on any atom is -0.370 e. The van der Waals surface area contributed by atoms with Crippen molar-refractivity contribution in [2.24, 2.45) is 5.73 Å². The number of rotatable bonds is 11. The van der Waals surface area contributed by atoms with Crippen molar-refractivity contribution in [3.63, 3.8) is 0 Å². The number of aryl methyl sites for hydroxylation is 1. The van der Waals surface area contributed by atoms with Gasteiger partial charge in [-0.15, -0.1) is 11.3 Å². The Morgan fingerprint density at radius 3 is 2.63 bits per heavy atom. The molecule has 0 amide bonds. The molecule has 0 fully saturated rings. The highest BCUT2D eigenvalue weighted by Gasteiger charge is 2.03. The van der Waals surface area contributed by atoms with Gasteiger partial charge in [-0.05, 0) is 19.1 Å². The fourth-order valence-corrected chi connectivity index (χ4v) is 4.62. The summed E-state index contributed by atoms with van der Waals surface area (Å²) in [6, 6.07) is 0. The molecule has 0 unspecified atom stereocenters. The van der Waals surface area contributed by atoms with Crippen molar-refractivity contribution in [2.75, 3.05) is 29.9 Å². The van der Waals surface area contributed by atoms with Crippen LogP contribution < -0.4 is 21.7 Å². The van der Waals surface area contributed by atoms with Crippen LogP contribution in [0.15, 0.2) is 11.7 Å². The number of thiazole rings is 1. The van der Waals surface area contributed by atoms with Gasteiger partial charge in [0, 0.05) is 47.2 Å². The van der Waals surface area contributed by atoms with Crippen LogP contribution >= 0.6 is 47.1 Å². The van der Waals surface area contributed by atoms with E-state index >= 15 is 0 Å². The number of thiocarbonyl (C=S) groups is 1. The third-order valence-electron chi connectivity index (χ3n) is 3.28. The van der Waals surface area contributed by atoms with Crippen LogP contribution in [0.3, 0.4) is 0 Å². The Labute approximate surface area is 176 Å². The van der Waals surface area contributed by atoms with Crippen molar-refractivity contribution < 1.29 is 0 Å². The second-order valence-corrected chi connectivity index (χ2v) is 8.92. The largest absolute Gasteiger partial charge is 0.370 e. The molecule has 0 aromatic carbocycles. The summed E-state index contributed by atoms with van der Waals surface area (Å²) < 4.78 is 0. The number of thioether (sulfide) groups is 2. The summed E-state index contributed by atoms with van der Waals surface area (Å²) in [4.78, 5) is 11.7. The first kappa shape index (κ1) is 21.8. The highest BCUT2D eigenvalue weighted by atomic mass is 32.2. The molecule has 0 saturated heterocycles. The van der Waals surface area contributed by atoms with Crippen molar-refractivity contribution in [1.29, 1.82) is 5.41 Å². The summed E-state index contributed by atoms with van der Waals surface area (Å²) in [6.07, 6.45) is 1.73. The number of hydrogen-bond donors (Lipinski definition) is 6. The average Bonchev–Trinajstić information content (AvgIpc) is 3.23. The van der Waals surface area contributed by atoms with Crippen LogP contribution in [0.25, 0.3) is 0 Å². The van der Waals surface area contributed by atoms with Gasteiger partial charge in [0.15, 0.2) is 16.2 Å². The van der Waals surface area contributed by atoms with Crippen LogP contribution in [0.4, 0.5) is 5.13 Å². The fraction of sp³-hybridized carbons (Fsp3) is 0.467. The van der Waals surface area contributed by atoms with E-state index in [0.717, 1.165) is 53.2 Å². The van der Waals surface area contributed by atoms with Gasteiger partial charge in [-0.2, -0.15) is 23.5 Å². The van der Waals surface area contributed by atoms with E-state index in [1.54, 1.807) is 18.1 Å². The lowest BCUT2D eigenvalue weighted by Gasteiger charge is -2.10. The van der Waals surface area contributed by atoms with Crippen LogP contribution in [0, 0.1) is 12.3 Å². The summed E-state index contributed by atoms with van der Waals surface area (Å²) in [5, 5.41) is 19.6. The summed E-state index contributed by atoms with van der Waals surface area (Å²) >= 11 is 10.3. The van der Waals surface area contributed by atoms with Gasteiger partial charge >= 0.3 is 0 Å². The minimum atomic E-state index is -0.0941. The highest BCUT2D eigenvalue weighted by molar-refractivity contribution is 7.98. The Morgan fingerprint density at radius 2 is 2.00 bits per heavy atom. The van der Waals surface area contributed by atoms with E-state index < -0.39 is 0 Å². The normalized spacial score (nSPS) is 10.6. The molecule has 2 rings (SSSR count). The van der Waals surface area contributed by atoms with Gasteiger partial charge in [0.1, 0.15) is 0 Å². The van der Waals surface area contributed by atoms with Gasteiger partial charge in [0.05, 0.1) is 17.7 Å². The van der Waals surface area contributed by atoms with Crippen molar-refractivity contribution >= 4 is 63.3 Å². The number of nitrogens with two attached hydrogens (primary N) is 1. The minimum absolute atomic E-state index is 0.0941.